The first kappa shape index (κ1) is 20.3. The van der Waals surface area contributed by atoms with Gasteiger partial charge in [0.15, 0.2) is 5.82 Å². The monoisotopic (exact) mass is 428 g/mol. The van der Waals surface area contributed by atoms with Gasteiger partial charge < -0.3 is 19.9 Å². The standard InChI is InChI=1S/C25H28N6O/c1-3-30-10-12-31(13-11-30)21-7-5-20(6-8-21)27-25-23-9-4-18(15-24(23)28-29-25)19-14-22(32-2)17-26-16-19/h4-9,14-17H,3,10-13H2,1-2H3,(H2,27,28,29). The maximum atomic E-state index is 5.29. The first-order valence-electron chi connectivity index (χ1n) is 11.1. The molecule has 0 radical (unpaired) electrons. The van der Waals surface area contributed by atoms with Gasteiger partial charge in [0.2, 0.25) is 0 Å². The molecule has 2 aromatic carbocycles. The van der Waals surface area contributed by atoms with Crippen LogP contribution in [0.1, 0.15) is 6.92 Å². The summed E-state index contributed by atoms with van der Waals surface area (Å²) in [5.41, 5.74) is 5.33. The summed E-state index contributed by atoms with van der Waals surface area (Å²) in [5.74, 6) is 1.56. The van der Waals surface area contributed by atoms with Gasteiger partial charge in [-0.25, -0.2) is 0 Å². The van der Waals surface area contributed by atoms with E-state index >= 15 is 0 Å². The van der Waals surface area contributed by atoms with Crippen molar-refractivity contribution in [3.8, 4) is 16.9 Å². The second-order valence-electron chi connectivity index (χ2n) is 8.04. The molecule has 1 aliphatic rings. The third-order valence-corrected chi connectivity index (χ3v) is 6.16. The summed E-state index contributed by atoms with van der Waals surface area (Å²) in [5, 5.41) is 12.1. The number of benzene rings is 2. The Hall–Kier alpha value is -3.58. The van der Waals surface area contributed by atoms with Gasteiger partial charge in [0.05, 0.1) is 18.8 Å². The molecule has 3 heterocycles. The van der Waals surface area contributed by atoms with Crippen molar-refractivity contribution in [3.63, 3.8) is 0 Å². The van der Waals surface area contributed by atoms with E-state index in [4.69, 9.17) is 4.74 Å². The van der Waals surface area contributed by atoms with Gasteiger partial charge in [-0.2, -0.15) is 5.10 Å². The summed E-state index contributed by atoms with van der Waals surface area (Å²) in [4.78, 5) is 9.20. The third kappa shape index (κ3) is 4.11. The second-order valence-corrected chi connectivity index (χ2v) is 8.04. The van der Waals surface area contributed by atoms with E-state index in [1.165, 1.54) is 5.69 Å². The van der Waals surface area contributed by atoms with Crippen LogP contribution in [0.2, 0.25) is 0 Å². The zero-order valence-electron chi connectivity index (χ0n) is 18.5. The second kappa shape index (κ2) is 8.88. The summed E-state index contributed by atoms with van der Waals surface area (Å²) >= 11 is 0. The fourth-order valence-corrected chi connectivity index (χ4v) is 4.20. The lowest BCUT2D eigenvalue weighted by Crippen LogP contribution is -2.46. The Morgan fingerprint density at radius 1 is 0.969 bits per heavy atom. The first-order chi connectivity index (χ1) is 15.7. The quantitative estimate of drug-likeness (QED) is 0.471. The van der Waals surface area contributed by atoms with Crippen molar-refractivity contribution in [2.24, 2.45) is 0 Å². The fraction of sp³-hybridized carbons (Fsp3) is 0.280. The van der Waals surface area contributed by atoms with Crippen LogP contribution in [0.25, 0.3) is 22.0 Å². The lowest BCUT2D eigenvalue weighted by Gasteiger charge is -2.35. The number of nitrogens with zero attached hydrogens (tertiary/aromatic N) is 4. The van der Waals surface area contributed by atoms with E-state index in [9.17, 15) is 0 Å². The molecular formula is C25H28N6O. The Balaban J connectivity index is 1.31. The predicted octanol–water partition coefficient (Wildman–Crippen LogP) is 4.52. The number of fused-ring (bicyclic) bond motifs is 1. The molecule has 0 atom stereocenters. The van der Waals surface area contributed by atoms with E-state index in [1.54, 1.807) is 13.3 Å². The fourth-order valence-electron chi connectivity index (χ4n) is 4.20. The van der Waals surface area contributed by atoms with E-state index in [1.807, 2.05) is 12.3 Å². The van der Waals surface area contributed by atoms with Crippen LogP contribution in [0.5, 0.6) is 5.75 Å². The highest BCUT2D eigenvalue weighted by atomic mass is 16.5. The van der Waals surface area contributed by atoms with Crippen LogP contribution in [0.4, 0.5) is 17.2 Å². The van der Waals surface area contributed by atoms with Crippen LogP contribution in [0.3, 0.4) is 0 Å². The molecule has 32 heavy (non-hydrogen) atoms. The molecule has 2 aromatic heterocycles. The van der Waals surface area contributed by atoms with Crippen molar-refractivity contribution in [3.05, 3.63) is 60.9 Å². The molecule has 0 bridgehead atoms. The molecule has 4 aromatic rings. The summed E-state index contributed by atoms with van der Waals surface area (Å²) in [6.45, 7) is 7.77. The third-order valence-electron chi connectivity index (χ3n) is 6.16. The van der Waals surface area contributed by atoms with Gasteiger partial charge in [-0.3, -0.25) is 10.1 Å². The summed E-state index contributed by atoms with van der Waals surface area (Å²) in [6, 6.07) is 16.8. The molecule has 0 amide bonds. The van der Waals surface area contributed by atoms with Gasteiger partial charge in [0.25, 0.3) is 0 Å². The highest BCUT2D eigenvalue weighted by molar-refractivity contribution is 5.94. The number of aromatic amines is 1. The number of H-pyrrole nitrogens is 1. The van der Waals surface area contributed by atoms with Crippen LogP contribution < -0.4 is 15.0 Å². The molecular weight excluding hydrogens is 400 g/mol. The van der Waals surface area contributed by atoms with Crippen molar-refractivity contribution < 1.29 is 4.74 Å². The number of ether oxygens (including phenoxy) is 1. The molecule has 2 N–H and O–H groups in total. The van der Waals surface area contributed by atoms with Crippen molar-refractivity contribution in [2.45, 2.75) is 6.92 Å². The molecule has 1 saturated heterocycles. The summed E-state index contributed by atoms with van der Waals surface area (Å²) < 4.78 is 5.29. The molecule has 0 aliphatic carbocycles. The van der Waals surface area contributed by atoms with E-state index in [0.29, 0.717) is 0 Å². The predicted molar refractivity (Wildman–Crippen MR) is 130 cm³/mol. The molecule has 0 spiro atoms. The maximum absolute atomic E-state index is 5.29. The topological polar surface area (TPSA) is 69.3 Å². The van der Waals surface area contributed by atoms with Crippen molar-refractivity contribution in [2.75, 3.05) is 50.1 Å². The van der Waals surface area contributed by atoms with E-state index in [2.05, 4.69) is 79.7 Å². The molecule has 7 heteroatoms. The normalized spacial score (nSPS) is 14.6. The molecule has 1 fully saturated rings. The number of pyridine rings is 1. The highest BCUT2D eigenvalue weighted by Crippen LogP contribution is 2.30. The Morgan fingerprint density at radius 2 is 1.78 bits per heavy atom. The van der Waals surface area contributed by atoms with E-state index < -0.39 is 0 Å². The van der Waals surface area contributed by atoms with Crippen LogP contribution in [0.15, 0.2) is 60.9 Å². The lowest BCUT2D eigenvalue weighted by molar-refractivity contribution is 0.271. The Bertz CT molecular complexity index is 1190. The minimum Gasteiger partial charge on any atom is -0.495 e. The van der Waals surface area contributed by atoms with Crippen molar-refractivity contribution in [1.29, 1.82) is 0 Å². The highest BCUT2D eigenvalue weighted by Gasteiger charge is 2.16. The average Bonchev–Trinajstić information content (AvgIpc) is 3.26. The number of piperazine rings is 1. The molecule has 0 saturated carbocycles. The largest absolute Gasteiger partial charge is 0.495 e. The summed E-state index contributed by atoms with van der Waals surface area (Å²) in [6.07, 6.45) is 3.54. The Kier molecular flexibility index (Phi) is 5.64. The number of methoxy groups -OCH3 is 1. The molecule has 1 aliphatic heterocycles. The number of hydrogen-bond donors (Lipinski definition) is 2. The number of hydrogen-bond acceptors (Lipinski definition) is 6. The van der Waals surface area contributed by atoms with E-state index in [0.717, 1.165) is 72.0 Å². The number of nitrogens with one attached hydrogen (secondary N) is 2. The van der Waals surface area contributed by atoms with E-state index in [-0.39, 0.29) is 0 Å². The number of likely N-dealkylation sites (N-methyl/N-ethyl adjacent to an activating group) is 1. The van der Waals surface area contributed by atoms with Gasteiger partial charge in [-0.05, 0) is 54.6 Å². The number of rotatable bonds is 6. The van der Waals surface area contributed by atoms with Crippen LogP contribution in [0, 0.1) is 0 Å². The molecule has 5 rings (SSSR count). The minimum atomic E-state index is 0.741. The summed E-state index contributed by atoms with van der Waals surface area (Å²) in [7, 11) is 1.65. The van der Waals surface area contributed by atoms with Crippen LogP contribution >= 0.6 is 0 Å². The van der Waals surface area contributed by atoms with Crippen LogP contribution in [-0.4, -0.2) is 59.9 Å². The zero-order valence-corrected chi connectivity index (χ0v) is 18.5. The van der Waals surface area contributed by atoms with Gasteiger partial charge >= 0.3 is 0 Å². The number of anilines is 3. The Morgan fingerprint density at radius 3 is 2.53 bits per heavy atom. The van der Waals surface area contributed by atoms with Gasteiger partial charge in [0, 0.05) is 54.7 Å². The molecule has 164 valence electrons. The smallest absolute Gasteiger partial charge is 0.160 e. The van der Waals surface area contributed by atoms with Crippen molar-refractivity contribution in [1.82, 2.24) is 20.1 Å². The average molecular weight is 429 g/mol. The zero-order chi connectivity index (χ0) is 21.9. The molecule has 7 nitrogen and oxygen atoms in total. The van der Waals surface area contributed by atoms with Gasteiger partial charge in [0.1, 0.15) is 5.75 Å². The van der Waals surface area contributed by atoms with Crippen LogP contribution in [-0.2, 0) is 0 Å². The number of aromatic nitrogens is 3. The van der Waals surface area contributed by atoms with Gasteiger partial charge in [-0.1, -0.05) is 13.0 Å². The minimum absolute atomic E-state index is 0.741. The first-order valence-corrected chi connectivity index (χ1v) is 11.1. The Labute approximate surface area is 188 Å². The van der Waals surface area contributed by atoms with Crippen molar-refractivity contribution >= 4 is 28.1 Å². The molecule has 0 unspecified atom stereocenters. The lowest BCUT2D eigenvalue weighted by atomic mass is 10.1. The van der Waals surface area contributed by atoms with Gasteiger partial charge in [-0.15, -0.1) is 0 Å². The SMILES string of the molecule is CCN1CCN(c2ccc(Nc3n[nH]c4cc(-c5cncc(OC)c5)ccc34)cc2)CC1. The maximum Gasteiger partial charge on any atom is 0.160 e.